The second kappa shape index (κ2) is 9.26. The molecule has 1 atom stereocenters. The molecule has 156 valence electrons. The number of ether oxygens (including phenoxy) is 3. The molecule has 0 aliphatic heterocycles. The molecule has 1 aromatic heterocycles. The summed E-state index contributed by atoms with van der Waals surface area (Å²) in [5, 5.41) is 6.56. The molecular formula is C23H24N2O5. The van der Waals surface area contributed by atoms with E-state index >= 15 is 0 Å². The molecular weight excluding hydrogens is 384 g/mol. The maximum Gasteiger partial charge on any atom is 0.356 e. The van der Waals surface area contributed by atoms with Crippen molar-refractivity contribution < 1.29 is 23.8 Å². The minimum atomic E-state index is -0.520. The number of benzene rings is 2. The van der Waals surface area contributed by atoms with Gasteiger partial charge >= 0.3 is 5.97 Å². The number of methoxy groups -OCH3 is 3. The number of esters is 1. The van der Waals surface area contributed by atoms with Gasteiger partial charge in [0, 0.05) is 12.0 Å². The summed E-state index contributed by atoms with van der Waals surface area (Å²) >= 11 is 0. The number of nitrogens with one attached hydrogen (secondary N) is 1. The molecule has 30 heavy (non-hydrogen) atoms. The van der Waals surface area contributed by atoms with Gasteiger partial charge in [0.25, 0.3) is 0 Å². The predicted molar refractivity (Wildman–Crippen MR) is 112 cm³/mol. The Morgan fingerprint density at radius 1 is 1.07 bits per heavy atom. The molecule has 0 aliphatic rings. The van der Waals surface area contributed by atoms with Crippen LogP contribution in [0.15, 0.2) is 48.7 Å². The van der Waals surface area contributed by atoms with Crippen LogP contribution >= 0.6 is 0 Å². The van der Waals surface area contributed by atoms with Crippen LogP contribution < -0.4 is 9.47 Å². The summed E-state index contributed by atoms with van der Waals surface area (Å²) in [7, 11) is 4.43. The number of aromatic nitrogens is 2. The zero-order valence-corrected chi connectivity index (χ0v) is 17.4. The normalized spacial score (nSPS) is 11.6. The molecule has 1 N–H and O–H groups in total. The third-order valence-corrected chi connectivity index (χ3v) is 5.00. The van der Waals surface area contributed by atoms with E-state index < -0.39 is 5.97 Å². The van der Waals surface area contributed by atoms with Gasteiger partial charge in [0.1, 0.15) is 11.5 Å². The van der Waals surface area contributed by atoms with Crippen molar-refractivity contribution in [1.82, 2.24) is 10.2 Å². The highest BCUT2D eigenvalue weighted by molar-refractivity contribution is 6.00. The van der Waals surface area contributed by atoms with E-state index in [1.807, 2.05) is 31.2 Å². The molecule has 3 rings (SSSR count). The summed E-state index contributed by atoms with van der Waals surface area (Å²) in [6.07, 6.45) is 1.86. The van der Waals surface area contributed by atoms with Crippen molar-refractivity contribution in [2.24, 2.45) is 0 Å². The molecule has 3 aromatic rings. The first-order valence-electron chi connectivity index (χ1n) is 9.45. The standard InChI is InChI=1S/C23H24N2O5/c1-14(15-6-5-7-17(11-15)28-2)10-20(26)18-9-8-16(12-21(18)29-3)19-13-24-25-22(19)23(27)30-4/h5-9,11-14H,10H2,1-4H3,(H,24,25)/t14-/m0/s1. The number of Topliss-reactive ketones (excluding diaryl/α,β-unsaturated/α-hetero) is 1. The topological polar surface area (TPSA) is 90.5 Å². The Morgan fingerprint density at radius 2 is 1.87 bits per heavy atom. The first-order chi connectivity index (χ1) is 14.5. The van der Waals surface area contributed by atoms with E-state index in [9.17, 15) is 9.59 Å². The first-order valence-corrected chi connectivity index (χ1v) is 9.45. The molecule has 7 heteroatoms. The number of carbonyl (C=O) groups is 2. The molecule has 0 unspecified atom stereocenters. The van der Waals surface area contributed by atoms with Crippen LogP contribution in [0, 0.1) is 0 Å². The Kier molecular flexibility index (Phi) is 6.51. The molecule has 0 radical (unpaired) electrons. The lowest BCUT2D eigenvalue weighted by molar-refractivity contribution is 0.0594. The fraction of sp³-hybridized carbons (Fsp3) is 0.261. The molecule has 0 amide bonds. The second-order valence-electron chi connectivity index (χ2n) is 6.87. The highest BCUT2D eigenvalue weighted by Crippen LogP contribution is 2.32. The van der Waals surface area contributed by atoms with Crippen molar-refractivity contribution in [3.05, 3.63) is 65.5 Å². The minimum Gasteiger partial charge on any atom is -0.497 e. The monoisotopic (exact) mass is 408 g/mol. The molecule has 0 spiro atoms. The van der Waals surface area contributed by atoms with E-state index in [-0.39, 0.29) is 17.4 Å². The summed E-state index contributed by atoms with van der Waals surface area (Å²) in [6.45, 7) is 2.00. The Labute approximate surface area is 175 Å². The average Bonchev–Trinajstić information content (AvgIpc) is 3.28. The van der Waals surface area contributed by atoms with E-state index in [2.05, 4.69) is 10.2 Å². The van der Waals surface area contributed by atoms with Gasteiger partial charge < -0.3 is 14.2 Å². The van der Waals surface area contributed by atoms with Gasteiger partial charge in [0.15, 0.2) is 11.5 Å². The van der Waals surface area contributed by atoms with Crippen LogP contribution in [0.2, 0.25) is 0 Å². The fourth-order valence-electron chi connectivity index (χ4n) is 3.31. The van der Waals surface area contributed by atoms with Gasteiger partial charge in [0.2, 0.25) is 0 Å². The fourth-order valence-corrected chi connectivity index (χ4v) is 3.31. The van der Waals surface area contributed by atoms with Crippen molar-refractivity contribution in [2.75, 3.05) is 21.3 Å². The van der Waals surface area contributed by atoms with Gasteiger partial charge in [-0.15, -0.1) is 0 Å². The summed E-state index contributed by atoms with van der Waals surface area (Å²) in [5.74, 6) is 0.655. The molecule has 1 heterocycles. The van der Waals surface area contributed by atoms with E-state index in [4.69, 9.17) is 14.2 Å². The zero-order chi connectivity index (χ0) is 21.7. The summed E-state index contributed by atoms with van der Waals surface area (Å²) < 4.78 is 15.5. The summed E-state index contributed by atoms with van der Waals surface area (Å²) in [6, 6.07) is 12.9. The van der Waals surface area contributed by atoms with Gasteiger partial charge in [-0.1, -0.05) is 25.1 Å². The predicted octanol–water partition coefficient (Wildman–Crippen LogP) is 4.26. The molecule has 0 aliphatic carbocycles. The Bertz CT molecular complexity index is 1060. The van der Waals surface area contributed by atoms with Crippen molar-refractivity contribution in [2.45, 2.75) is 19.3 Å². The third kappa shape index (κ3) is 4.35. The van der Waals surface area contributed by atoms with Gasteiger partial charge in [-0.05, 0) is 41.3 Å². The number of nitrogens with zero attached hydrogens (tertiary/aromatic N) is 1. The van der Waals surface area contributed by atoms with Gasteiger partial charge in [-0.3, -0.25) is 9.89 Å². The van der Waals surface area contributed by atoms with E-state index in [0.29, 0.717) is 28.9 Å². The zero-order valence-electron chi connectivity index (χ0n) is 17.4. The van der Waals surface area contributed by atoms with Gasteiger partial charge in [-0.25, -0.2) is 4.79 Å². The van der Waals surface area contributed by atoms with Crippen molar-refractivity contribution in [3.63, 3.8) is 0 Å². The highest BCUT2D eigenvalue weighted by Gasteiger charge is 2.20. The van der Waals surface area contributed by atoms with Crippen LogP contribution in [-0.4, -0.2) is 43.3 Å². The lowest BCUT2D eigenvalue weighted by Crippen LogP contribution is -2.07. The Balaban J connectivity index is 1.85. The molecule has 7 nitrogen and oxygen atoms in total. The van der Waals surface area contributed by atoms with Crippen LogP contribution in [-0.2, 0) is 4.74 Å². The Morgan fingerprint density at radius 3 is 2.57 bits per heavy atom. The van der Waals surface area contributed by atoms with E-state index in [1.165, 1.54) is 20.4 Å². The maximum atomic E-state index is 13.0. The molecule has 0 bridgehead atoms. The minimum absolute atomic E-state index is 0.0109. The lowest BCUT2D eigenvalue weighted by Gasteiger charge is -2.14. The summed E-state index contributed by atoms with van der Waals surface area (Å²) in [5.41, 5.74) is 3.02. The maximum absolute atomic E-state index is 13.0. The molecule has 0 saturated carbocycles. The van der Waals surface area contributed by atoms with Crippen LogP contribution in [0.3, 0.4) is 0 Å². The molecule has 0 saturated heterocycles. The number of carbonyl (C=O) groups excluding carboxylic acids is 2. The van der Waals surface area contributed by atoms with Crippen LogP contribution in [0.4, 0.5) is 0 Å². The van der Waals surface area contributed by atoms with Crippen LogP contribution in [0.1, 0.15) is 45.7 Å². The van der Waals surface area contributed by atoms with Crippen LogP contribution in [0.25, 0.3) is 11.1 Å². The number of aromatic amines is 1. The number of H-pyrrole nitrogens is 1. The smallest absolute Gasteiger partial charge is 0.356 e. The Hall–Kier alpha value is -3.61. The number of hydrogen-bond acceptors (Lipinski definition) is 6. The van der Waals surface area contributed by atoms with Crippen molar-refractivity contribution >= 4 is 11.8 Å². The van der Waals surface area contributed by atoms with Crippen LogP contribution in [0.5, 0.6) is 11.5 Å². The highest BCUT2D eigenvalue weighted by atomic mass is 16.5. The summed E-state index contributed by atoms with van der Waals surface area (Å²) in [4.78, 5) is 24.9. The number of hydrogen-bond donors (Lipinski definition) is 1. The molecule has 0 fully saturated rings. The average molecular weight is 408 g/mol. The lowest BCUT2D eigenvalue weighted by atomic mass is 9.92. The van der Waals surface area contributed by atoms with Gasteiger partial charge in [-0.2, -0.15) is 5.10 Å². The van der Waals surface area contributed by atoms with Crippen molar-refractivity contribution in [3.8, 4) is 22.6 Å². The van der Waals surface area contributed by atoms with Crippen molar-refractivity contribution in [1.29, 1.82) is 0 Å². The third-order valence-electron chi connectivity index (χ3n) is 5.00. The van der Waals surface area contributed by atoms with Gasteiger partial charge in [0.05, 0.1) is 33.1 Å². The quantitative estimate of drug-likeness (QED) is 0.442. The number of rotatable bonds is 8. The van der Waals surface area contributed by atoms with E-state index in [0.717, 1.165) is 11.3 Å². The first kappa shape index (κ1) is 21.1. The molecule has 2 aromatic carbocycles. The number of ketones is 1. The second-order valence-corrected chi connectivity index (χ2v) is 6.87. The van der Waals surface area contributed by atoms with E-state index in [1.54, 1.807) is 25.3 Å². The SMILES string of the molecule is COC(=O)c1[nH]ncc1-c1ccc(C(=O)C[C@H](C)c2cccc(OC)c2)c(OC)c1. The largest absolute Gasteiger partial charge is 0.497 e.